The van der Waals surface area contributed by atoms with Crippen LogP contribution in [0, 0.1) is 0 Å². The molecule has 4 aromatic rings. The van der Waals surface area contributed by atoms with E-state index in [2.05, 4.69) is 36.0 Å². The van der Waals surface area contributed by atoms with Crippen molar-refractivity contribution in [1.29, 1.82) is 0 Å². The van der Waals surface area contributed by atoms with Crippen molar-refractivity contribution in [1.82, 2.24) is 19.9 Å². The topological polar surface area (TPSA) is 91.8 Å². The van der Waals surface area contributed by atoms with E-state index in [0.29, 0.717) is 38.1 Å². The zero-order valence-corrected chi connectivity index (χ0v) is 19.1. The van der Waals surface area contributed by atoms with Crippen LogP contribution < -0.4 is 14.6 Å². The van der Waals surface area contributed by atoms with Gasteiger partial charge in [-0.2, -0.15) is 15.1 Å². The second kappa shape index (κ2) is 10.3. The lowest BCUT2D eigenvalue weighted by Gasteiger charge is -2.28. The van der Waals surface area contributed by atoms with Crippen molar-refractivity contribution in [2.75, 3.05) is 49.9 Å². The van der Waals surface area contributed by atoms with E-state index in [1.165, 1.54) is 0 Å². The molecular weight excluding hydrogens is 430 g/mol. The molecule has 0 radical (unpaired) electrons. The molecular formula is C25H27N7O2. The summed E-state index contributed by atoms with van der Waals surface area (Å²) < 4.78 is 11.4. The first-order valence-corrected chi connectivity index (χ1v) is 11.3. The molecule has 4 heterocycles. The molecule has 0 saturated carbocycles. The van der Waals surface area contributed by atoms with Gasteiger partial charge in [-0.25, -0.2) is 0 Å². The third kappa shape index (κ3) is 5.15. The quantitative estimate of drug-likeness (QED) is 0.321. The van der Waals surface area contributed by atoms with Gasteiger partial charge in [-0.15, -0.1) is 0 Å². The number of nitrogens with zero attached hydrogens (tertiary/aromatic N) is 6. The van der Waals surface area contributed by atoms with Crippen LogP contribution in [0.15, 0.2) is 66.0 Å². The zero-order valence-electron chi connectivity index (χ0n) is 19.1. The van der Waals surface area contributed by atoms with Crippen LogP contribution in [0.2, 0.25) is 0 Å². The minimum Gasteiger partial charge on any atom is -0.463 e. The van der Waals surface area contributed by atoms with Crippen LogP contribution in [-0.4, -0.2) is 66.1 Å². The fourth-order valence-corrected chi connectivity index (χ4v) is 3.79. The van der Waals surface area contributed by atoms with Crippen molar-refractivity contribution in [3.8, 4) is 6.01 Å². The van der Waals surface area contributed by atoms with Crippen molar-refractivity contribution >= 4 is 28.8 Å². The van der Waals surface area contributed by atoms with Gasteiger partial charge >= 0.3 is 6.01 Å². The third-order valence-electron chi connectivity index (χ3n) is 5.65. The number of fused-ring (bicyclic) bond motifs is 1. The van der Waals surface area contributed by atoms with E-state index >= 15 is 0 Å². The van der Waals surface area contributed by atoms with Gasteiger partial charge in [-0.3, -0.25) is 9.99 Å². The number of hydrogen-bond donors (Lipinski definition) is 1. The average molecular weight is 458 g/mol. The number of H-pyrrole nitrogens is 1. The number of ether oxygens (including phenoxy) is 2. The van der Waals surface area contributed by atoms with E-state index in [9.17, 15) is 0 Å². The predicted molar refractivity (Wildman–Crippen MR) is 133 cm³/mol. The highest BCUT2D eigenvalue weighted by molar-refractivity contribution is 5.99. The molecule has 5 rings (SSSR count). The Kier molecular flexibility index (Phi) is 6.62. The Hall–Kier alpha value is -3.98. The molecule has 0 spiro atoms. The van der Waals surface area contributed by atoms with Crippen molar-refractivity contribution in [2.24, 2.45) is 5.10 Å². The largest absolute Gasteiger partial charge is 0.463 e. The fraction of sp³-hybridized carbons (Fsp3) is 0.280. The molecule has 1 saturated heterocycles. The van der Waals surface area contributed by atoms with Gasteiger partial charge in [0.25, 0.3) is 0 Å². The standard InChI is InChI=1S/C25H27N7O2/c1-31(28-18-19-17-27-22-8-3-2-7-21(19)22)23-16-24(32-11-14-33-15-12-32)30-25(29-23)34-13-9-20-6-4-5-10-26-20/h2-8,10,16-18,27H,9,11-15H2,1H3/b28-18-. The minimum atomic E-state index is 0.323. The molecule has 1 aromatic carbocycles. The Morgan fingerprint density at radius 2 is 2.00 bits per heavy atom. The molecule has 1 fully saturated rings. The summed E-state index contributed by atoms with van der Waals surface area (Å²) in [6.07, 6.45) is 6.24. The fourth-order valence-electron chi connectivity index (χ4n) is 3.79. The Balaban J connectivity index is 1.36. The predicted octanol–water partition coefficient (Wildman–Crippen LogP) is 3.28. The van der Waals surface area contributed by atoms with E-state index in [-0.39, 0.29) is 0 Å². The van der Waals surface area contributed by atoms with Crippen molar-refractivity contribution < 1.29 is 9.47 Å². The smallest absolute Gasteiger partial charge is 0.320 e. The van der Waals surface area contributed by atoms with Crippen molar-refractivity contribution in [2.45, 2.75) is 6.42 Å². The molecule has 9 heteroatoms. The highest BCUT2D eigenvalue weighted by Crippen LogP contribution is 2.23. The first-order chi connectivity index (χ1) is 16.8. The normalized spacial score (nSPS) is 14.1. The number of rotatable bonds is 8. The molecule has 0 bridgehead atoms. The molecule has 0 unspecified atom stereocenters. The first-order valence-electron chi connectivity index (χ1n) is 11.3. The molecule has 1 aliphatic heterocycles. The average Bonchev–Trinajstić information content (AvgIpc) is 3.31. The summed E-state index contributed by atoms with van der Waals surface area (Å²) in [4.78, 5) is 19.1. The maximum atomic E-state index is 5.94. The minimum absolute atomic E-state index is 0.323. The molecule has 0 aliphatic carbocycles. The van der Waals surface area contributed by atoms with Crippen LogP contribution >= 0.6 is 0 Å². The van der Waals surface area contributed by atoms with Crippen LogP contribution in [-0.2, 0) is 11.2 Å². The SMILES string of the molecule is CN(/N=C\c1c[nH]c2ccccc12)c1cc(N2CCOCC2)nc(OCCc2ccccn2)n1. The van der Waals surface area contributed by atoms with Gasteiger partial charge in [0.05, 0.1) is 26.0 Å². The second-order valence-electron chi connectivity index (χ2n) is 7.94. The molecule has 34 heavy (non-hydrogen) atoms. The number of anilines is 2. The Bertz CT molecular complexity index is 1250. The maximum absolute atomic E-state index is 5.94. The molecule has 0 amide bonds. The number of nitrogens with one attached hydrogen (secondary N) is 1. The number of hydrogen-bond acceptors (Lipinski definition) is 8. The highest BCUT2D eigenvalue weighted by Gasteiger charge is 2.17. The summed E-state index contributed by atoms with van der Waals surface area (Å²) >= 11 is 0. The van der Waals surface area contributed by atoms with Crippen LogP contribution in [0.25, 0.3) is 10.9 Å². The lowest BCUT2D eigenvalue weighted by Crippen LogP contribution is -2.37. The maximum Gasteiger partial charge on any atom is 0.320 e. The van der Waals surface area contributed by atoms with Crippen LogP contribution in [0.3, 0.4) is 0 Å². The Morgan fingerprint density at radius 3 is 2.85 bits per heavy atom. The summed E-state index contributed by atoms with van der Waals surface area (Å²) in [5.74, 6) is 1.45. The van der Waals surface area contributed by atoms with E-state index in [1.54, 1.807) is 11.2 Å². The number of aromatic amines is 1. The number of para-hydroxylation sites is 1. The van der Waals surface area contributed by atoms with Gasteiger partial charge in [-0.1, -0.05) is 24.3 Å². The van der Waals surface area contributed by atoms with Gasteiger partial charge in [-0.05, 0) is 18.2 Å². The molecule has 1 aliphatic rings. The number of benzene rings is 1. The van der Waals surface area contributed by atoms with Crippen molar-refractivity contribution in [3.05, 3.63) is 72.2 Å². The Labute approximate surface area is 198 Å². The molecule has 1 N–H and O–H groups in total. The van der Waals surface area contributed by atoms with Crippen LogP contribution in [0.4, 0.5) is 11.6 Å². The van der Waals surface area contributed by atoms with Gasteiger partial charge in [0.1, 0.15) is 5.82 Å². The van der Waals surface area contributed by atoms with Gasteiger partial charge in [0, 0.05) is 67.2 Å². The van der Waals surface area contributed by atoms with E-state index in [1.807, 2.05) is 61.9 Å². The number of hydrazone groups is 1. The highest BCUT2D eigenvalue weighted by atomic mass is 16.5. The summed E-state index contributed by atoms with van der Waals surface area (Å²) in [7, 11) is 1.87. The second-order valence-corrected chi connectivity index (χ2v) is 7.94. The molecule has 174 valence electrons. The summed E-state index contributed by atoms with van der Waals surface area (Å²) in [5.41, 5.74) is 3.05. The zero-order chi connectivity index (χ0) is 23.2. The summed E-state index contributed by atoms with van der Waals surface area (Å²) in [6.45, 7) is 3.32. The lowest BCUT2D eigenvalue weighted by atomic mass is 10.2. The summed E-state index contributed by atoms with van der Waals surface area (Å²) in [5, 5.41) is 7.49. The molecule has 9 nitrogen and oxygen atoms in total. The lowest BCUT2D eigenvalue weighted by molar-refractivity contribution is 0.122. The van der Waals surface area contributed by atoms with Gasteiger partial charge in [0.15, 0.2) is 5.82 Å². The van der Waals surface area contributed by atoms with Gasteiger partial charge < -0.3 is 19.4 Å². The number of morpholine rings is 1. The third-order valence-corrected chi connectivity index (χ3v) is 5.65. The van der Waals surface area contributed by atoms with E-state index < -0.39 is 0 Å². The summed E-state index contributed by atoms with van der Waals surface area (Å²) in [6, 6.07) is 16.3. The Morgan fingerprint density at radius 1 is 1.15 bits per heavy atom. The monoisotopic (exact) mass is 457 g/mol. The van der Waals surface area contributed by atoms with Gasteiger partial charge in [0.2, 0.25) is 0 Å². The number of pyridine rings is 1. The van der Waals surface area contributed by atoms with Crippen molar-refractivity contribution in [3.63, 3.8) is 0 Å². The van der Waals surface area contributed by atoms with Crippen LogP contribution in [0.5, 0.6) is 6.01 Å². The molecule has 3 aromatic heterocycles. The van der Waals surface area contributed by atoms with E-state index in [4.69, 9.17) is 9.47 Å². The first kappa shape index (κ1) is 21.8. The van der Waals surface area contributed by atoms with Crippen LogP contribution in [0.1, 0.15) is 11.3 Å². The number of aromatic nitrogens is 4. The van der Waals surface area contributed by atoms with E-state index in [0.717, 1.165) is 41.1 Å². The molecule has 0 atom stereocenters.